The molecule has 0 aromatic heterocycles. The van der Waals surface area contributed by atoms with Crippen LogP contribution in [0.1, 0.15) is 29.8 Å². The predicted octanol–water partition coefficient (Wildman–Crippen LogP) is 1.70. The van der Waals surface area contributed by atoms with E-state index >= 15 is 0 Å². The third kappa shape index (κ3) is 3.59. The van der Waals surface area contributed by atoms with E-state index in [4.69, 9.17) is 5.11 Å². The largest absolute Gasteiger partial charge is 0.481 e. The maximum Gasteiger partial charge on any atom is 0.308 e. The molecule has 0 aliphatic heterocycles. The smallest absolute Gasteiger partial charge is 0.308 e. The predicted molar refractivity (Wildman–Crippen MR) is 65.0 cm³/mol. The number of aryl methyl sites for hydroxylation is 1. The molecule has 0 saturated carbocycles. The second kappa shape index (κ2) is 6.03. The van der Waals surface area contributed by atoms with Crippen LogP contribution in [0.2, 0.25) is 0 Å². The van der Waals surface area contributed by atoms with Gasteiger partial charge in [-0.2, -0.15) is 0 Å². The van der Waals surface area contributed by atoms with Gasteiger partial charge in [0.05, 0.1) is 5.92 Å². The third-order valence-corrected chi connectivity index (χ3v) is 2.63. The molecule has 0 radical (unpaired) electrons. The second-order valence-electron chi connectivity index (χ2n) is 3.96. The average Bonchev–Trinajstić information content (AvgIpc) is 2.35. The van der Waals surface area contributed by atoms with Crippen LogP contribution in [0.4, 0.5) is 0 Å². The lowest BCUT2D eigenvalue weighted by Crippen LogP contribution is -2.31. The number of carboxylic acid groups (broad SMARTS) is 1. The van der Waals surface area contributed by atoms with Crippen LogP contribution in [0.5, 0.6) is 0 Å². The Balaban J connectivity index is 2.67. The lowest BCUT2D eigenvalue weighted by Gasteiger charge is -2.10. The van der Waals surface area contributed by atoms with Gasteiger partial charge in [-0.25, -0.2) is 0 Å². The van der Waals surface area contributed by atoms with Crippen LogP contribution in [0, 0.1) is 5.92 Å². The van der Waals surface area contributed by atoms with Crippen LogP contribution in [-0.4, -0.2) is 23.5 Å². The maximum absolute atomic E-state index is 11.8. The second-order valence-corrected chi connectivity index (χ2v) is 3.96. The van der Waals surface area contributed by atoms with Gasteiger partial charge in [-0.05, 0) is 18.1 Å². The summed E-state index contributed by atoms with van der Waals surface area (Å²) in [7, 11) is 0. The summed E-state index contributed by atoms with van der Waals surface area (Å²) in [5.74, 6) is -1.70. The van der Waals surface area contributed by atoms with Crippen LogP contribution in [0.25, 0.3) is 0 Å². The fourth-order valence-corrected chi connectivity index (χ4v) is 1.48. The fraction of sp³-hybridized carbons (Fsp3) is 0.385. The summed E-state index contributed by atoms with van der Waals surface area (Å²) in [5.41, 5.74) is 1.58. The summed E-state index contributed by atoms with van der Waals surface area (Å²) in [4.78, 5) is 22.5. The van der Waals surface area contributed by atoms with E-state index in [1.54, 1.807) is 19.1 Å². The van der Waals surface area contributed by atoms with Crippen molar-refractivity contribution in [3.8, 4) is 0 Å². The van der Waals surface area contributed by atoms with E-state index in [0.29, 0.717) is 5.56 Å². The van der Waals surface area contributed by atoms with Crippen molar-refractivity contribution in [3.63, 3.8) is 0 Å². The highest BCUT2D eigenvalue weighted by molar-refractivity contribution is 5.95. The van der Waals surface area contributed by atoms with Crippen molar-refractivity contribution in [2.24, 2.45) is 5.92 Å². The lowest BCUT2D eigenvalue weighted by molar-refractivity contribution is -0.140. The molecule has 2 N–H and O–H groups in total. The van der Waals surface area contributed by atoms with Crippen molar-refractivity contribution in [1.82, 2.24) is 5.32 Å². The number of rotatable bonds is 5. The van der Waals surface area contributed by atoms with Crippen molar-refractivity contribution >= 4 is 11.9 Å². The summed E-state index contributed by atoms with van der Waals surface area (Å²) in [6.07, 6.45) is 0.776. The van der Waals surface area contributed by atoms with E-state index in [9.17, 15) is 9.59 Å². The Bertz CT molecular complexity index is 415. The molecule has 0 bridgehead atoms. The Morgan fingerprint density at radius 3 is 2.59 bits per heavy atom. The average molecular weight is 235 g/mol. The Labute approximate surface area is 101 Å². The molecule has 0 saturated heterocycles. The molecule has 17 heavy (non-hydrogen) atoms. The molecule has 0 spiro atoms. The summed E-state index contributed by atoms with van der Waals surface area (Å²) in [6, 6.07) is 7.33. The molecule has 1 rings (SSSR count). The van der Waals surface area contributed by atoms with Crippen LogP contribution in [-0.2, 0) is 11.2 Å². The Morgan fingerprint density at radius 1 is 1.35 bits per heavy atom. The summed E-state index contributed by atoms with van der Waals surface area (Å²) < 4.78 is 0. The zero-order valence-electron chi connectivity index (χ0n) is 10.1. The highest BCUT2D eigenvalue weighted by atomic mass is 16.4. The minimum absolute atomic E-state index is 0.145. The monoisotopic (exact) mass is 235 g/mol. The van der Waals surface area contributed by atoms with Gasteiger partial charge in [0.25, 0.3) is 5.91 Å². The zero-order valence-corrected chi connectivity index (χ0v) is 10.1. The Kier molecular flexibility index (Phi) is 4.69. The molecule has 4 heteroatoms. The fourth-order valence-electron chi connectivity index (χ4n) is 1.48. The van der Waals surface area contributed by atoms with E-state index in [1.807, 2.05) is 19.1 Å². The Morgan fingerprint density at radius 2 is 2.00 bits per heavy atom. The highest BCUT2D eigenvalue weighted by Gasteiger charge is 2.14. The van der Waals surface area contributed by atoms with Crippen molar-refractivity contribution in [3.05, 3.63) is 35.4 Å². The van der Waals surface area contributed by atoms with Crippen molar-refractivity contribution < 1.29 is 14.7 Å². The van der Waals surface area contributed by atoms with E-state index in [-0.39, 0.29) is 12.5 Å². The van der Waals surface area contributed by atoms with Gasteiger partial charge in [0.2, 0.25) is 0 Å². The first-order chi connectivity index (χ1) is 8.06. The number of nitrogens with one attached hydrogen (secondary N) is 1. The molecule has 1 unspecified atom stereocenters. The minimum atomic E-state index is -0.908. The number of benzene rings is 1. The minimum Gasteiger partial charge on any atom is -0.481 e. The number of hydrogen-bond acceptors (Lipinski definition) is 2. The number of amides is 1. The van der Waals surface area contributed by atoms with E-state index in [0.717, 1.165) is 12.0 Å². The maximum atomic E-state index is 11.8. The molecule has 0 aliphatic carbocycles. The Hall–Kier alpha value is -1.84. The molecular formula is C13H17NO3. The van der Waals surface area contributed by atoms with E-state index in [1.165, 1.54) is 0 Å². The van der Waals surface area contributed by atoms with Crippen LogP contribution >= 0.6 is 0 Å². The van der Waals surface area contributed by atoms with Crippen molar-refractivity contribution in [1.29, 1.82) is 0 Å². The van der Waals surface area contributed by atoms with E-state index in [2.05, 4.69) is 5.32 Å². The molecule has 1 aromatic carbocycles. The number of hydrogen-bond donors (Lipinski definition) is 2. The molecular weight excluding hydrogens is 218 g/mol. The van der Waals surface area contributed by atoms with Gasteiger partial charge in [-0.1, -0.05) is 32.0 Å². The van der Waals surface area contributed by atoms with Gasteiger partial charge >= 0.3 is 5.97 Å². The first-order valence-corrected chi connectivity index (χ1v) is 5.65. The van der Waals surface area contributed by atoms with Crippen LogP contribution in [0.3, 0.4) is 0 Å². The third-order valence-electron chi connectivity index (χ3n) is 2.63. The molecule has 1 aromatic rings. The van der Waals surface area contributed by atoms with Crippen molar-refractivity contribution in [2.75, 3.05) is 6.54 Å². The van der Waals surface area contributed by atoms with E-state index < -0.39 is 11.9 Å². The van der Waals surface area contributed by atoms with Gasteiger partial charge in [0.1, 0.15) is 0 Å². The summed E-state index contributed by atoms with van der Waals surface area (Å²) in [6.45, 7) is 3.69. The number of carboxylic acids is 1. The first kappa shape index (κ1) is 13.2. The quantitative estimate of drug-likeness (QED) is 0.816. The standard InChI is InChI=1S/C13H17NO3/c1-3-10-6-4-5-7-11(10)12(15)14-8-9(2)13(16)17/h4-7,9H,3,8H2,1-2H3,(H,14,15)(H,16,17). The molecule has 4 nitrogen and oxygen atoms in total. The molecule has 0 heterocycles. The molecule has 1 amide bonds. The number of aliphatic carboxylic acids is 1. The zero-order chi connectivity index (χ0) is 12.8. The summed E-state index contributed by atoms with van der Waals surface area (Å²) >= 11 is 0. The molecule has 0 aliphatic rings. The first-order valence-electron chi connectivity index (χ1n) is 5.65. The van der Waals surface area contributed by atoms with Gasteiger partial charge < -0.3 is 10.4 Å². The molecule has 1 atom stereocenters. The topological polar surface area (TPSA) is 66.4 Å². The SMILES string of the molecule is CCc1ccccc1C(=O)NCC(C)C(=O)O. The van der Waals surface area contributed by atoms with Crippen LogP contribution in [0.15, 0.2) is 24.3 Å². The number of carbonyl (C=O) groups excluding carboxylic acids is 1. The lowest BCUT2D eigenvalue weighted by atomic mass is 10.0. The van der Waals surface area contributed by atoms with Gasteiger partial charge in [-0.15, -0.1) is 0 Å². The normalized spacial score (nSPS) is 11.9. The van der Waals surface area contributed by atoms with Crippen molar-refractivity contribution in [2.45, 2.75) is 20.3 Å². The van der Waals surface area contributed by atoms with Gasteiger partial charge in [-0.3, -0.25) is 9.59 Å². The molecule has 92 valence electrons. The number of carbonyl (C=O) groups is 2. The van der Waals surface area contributed by atoms with Crippen LogP contribution < -0.4 is 5.32 Å². The summed E-state index contributed by atoms with van der Waals surface area (Å²) in [5, 5.41) is 11.3. The highest BCUT2D eigenvalue weighted by Crippen LogP contribution is 2.09. The molecule has 0 fully saturated rings. The van der Waals surface area contributed by atoms with Gasteiger partial charge in [0.15, 0.2) is 0 Å². The van der Waals surface area contributed by atoms with Gasteiger partial charge in [0, 0.05) is 12.1 Å².